The van der Waals surface area contributed by atoms with Gasteiger partial charge in [0.05, 0.1) is 38.6 Å². The van der Waals surface area contributed by atoms with E-state index in [2.05, 4.69) is 92.1 Å². The van der Waals surface area contributed by atoms with Crippen LogP contribution < -0.4 is 5.32 Å². The summed E-state index contributed by atoms with van der Waals surface area (Å²) in [7, 11) is 0. The molecule has 19 nitrogen and oxygen atoms in total. The van der Waals surface area contributed by atoms with Crippen LogP contribution in [0.4, 0.5) is 0 Å². The molecule has 17 unspecified atom stereocenters. The molecule has 3 aliphatic heterocycles. The maximum atomic E-state index is 13.2. The molecule has 0 saturated carbocycles. The highest BCUT2D eigenvalue weighted by Gasteiger charge is 2.53. The Morgan fingerprint density at radius 3 is 1.47 bits per heavy atom. The van der Waals surface area contributed by atoms with Crippen LogP contribution in [0.25, 0.3) is 0 Å². The van der Waals surface area contributed by atoms with E-state index in [9.17, 15) is 61.0 Å². The highest BCUT2D eigenvalue weighted by atomic mass is 16.8. The molecule has 3 heterocycles. The summed E-state index contributed by atoms with van der Waals surface area (Å²) in [6, 6.07) is -1.03. The van der Waals surface area contributed by atoms with Crippen molar-refractivity contribution in [3.63, 3.8) is 0 Å². The number of allylic oxidation sites excluding steroid dienone is 15. The minimum atomic E-state index is -1.99. The van der Waals surface area contributed by atoms with Gasteiger partial charge in [-0.1, -0.05) is 124 Å². The van der Waals surface area contributed by atoms with Gasteiger partial charge in [-0.2, -0.15) is 0 Å². The van der Waals surface area contributed by atoms with Gasteiger partial charge in [-0.25, -0.2) is 0 Å². The second-order valence-corrected chi connectivity index (χ2v) is 18.2. The first-order valence-corrected chi connectivity index (χ1v) is 26.0. The standard InChI is InChI=1S/C54H87NO18/c1-3-5-7-9-11-13-14-15-16-17-18-19-20-21-22-24-26-28-30-32-42(60)55-37(38(59)31-29-27-25-23-12-10-8-6-4-2)36-68-52-48(66)45(63)50(40(34-57)70-52)73-54-49(67)46(64)51(41(35-58)71-54)72-53-47(65)44(62)43(61)39(33-56)69-53/h5,7,11-13,15-16,18-19,21-23,26,28-29,31,37-41,43-54,56-59,61-67H,3-4,6,8-10,14,17,20,24-25,27,30,32-36H2,1-2H3,(H,55,60)/b7-5-,13-11-,16-15-,19-18-,22-21-,23-12+,28-26-,31-29+. The minimum absolute atomic E-state index is 0.104. The van der Waals surface area contributed by atoms with Crippen molar-refractivity contribution >= 4 is 5.91 Å². The zero-order valence-electron chi connectivity index (χ0n) is 42.6. The number of rotatable bonds is 34. The zero-order chi connectivity index (χ0) is 53.4. The lowest BCUT2D eigenvalue weighted by molar-refractivity contribution is -0.379. The van der Waals surface area contributed by atoms with E-state index < -0.39 is 131 Å². The first-order chi connectivity index (χ1) is 35.3. The molecular weight excluding hydrogens is 951 g/mol. The second-order valence-electron chi connectivity index (χ2n) is 18.2. The maximum Gasteiger partial charge on any atom is 0.220 e. The number of aliphatic hydroxyl groups excluding tert-OH is 11. The number of hydrogen-bond acceptors (Lipinski definition) is 18. The van der Waals surface area contributed by atoms with Crippen LogP contribution in [-0.4, -0.2) is 193 Å². The largest absolute Gasteiger partial charge is 0.394 e. The van der Waals surface area contributed by atoms with Gasteiger partial charge in [0.2, 0.25) is 5.91 Å². The number of carbonyl (C=O) groups is 1. The molecule has 416 valence electrons. The van der Waals surface area contributed by atoms with Crippen LogP contribution in [-0.2, 0) is 33.2 Å². The number of hydrogen-bond donors (Lipinski definition) is 12. The summed E-state index contributed by atoms with van der Waals surface area (Å²) in [5.74, 6) is -0.377. The molecule has 73 heavy (non-hydrogen) atoms. The fourth-order valence-electron chi connectivity index (χ4n) is 8.05. The predicted octanol–water partition coefficient (Wildman–Crippen LogP) is 2.25. The van der Waals surface area contributed by atoms with E-state index in [1.165, 1.54) is 6.42 Å². The summed E-state index contributed by atoms with van der Waals surface area (Å²) in [5, 5.41) is 119. The van der Waals surface area contributed by atoms with Crippen molar-refractivity contribution in [3.8, 4) is 0 Å². The van der Waals surface area contributed by atoms with Gasteiger partial charge in [0.25, 0.3) is 0 Å². The Hall–Kier alpha value is -3.29. The zero-order valence-corrected chi connectivity index (χ0v) is 42.6. The van der Waals surface area contributed by atoms with Gasteiger partial charge in [0.15, 0.2) is 18.9 Å². The van der Waals surface area contributed by atoms with Gasteiger partial charge in [0.1, 0.15) is 73.2 Å². The van der Waals surface area contributed by atoms with Crippen molar-refractivity contribution in [2.24, 2.45) is 0 Å². The van der Waals surface area contributed by atoms with E-state index in [0.717, 1.165) is 57.8 Å². The van der Waals surface area contributed by atoms with Crippen molar-refractivity contribution in [2.45, 2.75) is 208 Å². The Morgan fingerprint density at radius 2 is 0.945 bits per heavy atom. The Balaban J connectivity index is 1.56. The van der Waals surface area contributed by atoms with Crippen molar-refractivity contribution in [1.82, 2.24) is 5.32 Å². The molecule has 19 heteroatoms. The Bertz CT molecular complexity index is 1720. The van der Waals surface area contributed by atoms with E-state index in [0.29, 0.717) is 19.3 Å². The van der Waals surface area contributed by atoms with Crippen LogP contribution >= 0.6 is 0 Å². The number of nitrogens with one attached hydrogen (secondary N) is 1. The summed E-state index contributed by atoms with van der Waals surface area (Å²) in [6.07, 6.45) is 17.3. The molecule has 0 spiro atoms. The van der Waals surface area contributed by atoms with Gasteiger partial charge in [-0.3, -0.25) is 4.79 Å². The highest BCUT2D eigenvalue weighted by molar-refractivity contribution is 5.76. The summed E-state index contributed by atoms with van der Waals surface area (Å²) >= 11 is 0. The molecule has 0 radical (unpaired) electrons. The van der Waals surface area contributed by atoms with Crippen molar-refractivity contribution in [1.29, 1.82) is 0 Å². The van der Waals surface area contributed by atoms with Gasteiger partial charge < -0.3 is 89.9 Å². The van der Waals surface area contributed by atoms with Gasteiger partial charge in [-0.05, 0) is 70.6 Å². The lowest BCUT2D eigenvalue weighted by Crippen LogP contribution is -2.66. The predicted molar refractivity (Wildman–Crippen MR) is 272 cm³/mol. The fourth-order valence-corrected chi connectivity index (χ4v) is 8.05. The molecule has 12 N–H and O–H groups in total. The van der Waals surface area contributed by atoms with Gasteiger partial charge in [-0.15, -0.1) is 0 Å². The quantitative estimate of drug-likeness (QED) is 0.0325. The number of ether oxygens (including phenoxy) is 6. The molecule has 3 rings (SSSR count). The molecule has 0 aromatic rings. The van der Waals surface area contributed by atoms with Crippen LogP contribution in [0.2, 0.25) is 0 Å². The van der Waals surface area contributed by atoms with Gasteiger partial charge >= 0.3 is 0 Å². The van der Waals surface area contributed by atoms with E-state index >= 15 is 0 Å². The smallest absolute Gasteiger partial charge is 0.220 e. The van der Waals surface area contributed by atoms with E-state index in [4.69, 9.17) is 28.4 Å². The van der Waals surface area contributed by atoms with Crippen LogP contribution in [0.15, 0.2) is 97.2 Å². The average Bonchev–Trinajstić information content (AvgIpc) is 3.39. The Labute approximate surface area is 431 Å². The summed E-state index contributed by atoms with van der Waals surface area (Å²) < 4.78 is 34.0. The third-order valence-corrected chi connectivity index (χ3v) is 12.4. The van der Waals surface area contributed by atoms with Crippen molar-refractivity contribution in [2.75, 3.05) is 26.4 Å². The van der Waals surface area contributed by atoms with Gasteiger partial charge in [0, 0.05) is 6.42 Å². The molecule has 0 aromatic carbocycles. The number of amides is 1. The first-order valence-electron chi connectivity index (χ1n) is 26.0. The molecular formula is C54H87NO18. The summed E-state index contributed by atoms with van der Waals surface area (Å²) in [4.78, 5) is 13.2. The lowest BCUT2D eigenvalue weighted by atomic mass is 9.96. The summed E-state index contributed by atoms with van der Waals surface area (Å²) in [5.41, 5.74) is 0. The van der Waals surface area contributed by atoms with Crippen LogP contribution in [0.5, 0.6) is 0 Å². The molecule has 3 aliphatic rings. The van der Waals surface area contributed by atoms with E-state index in [-0.39, 0.29) is 12.3 Å². The second kappa shape index (κ2) is 37.5. The third kappa shape index (κ3) is 22.8. The Kier molecular flexibility index (Phi) is 32.8. The monoisotopic (exact) mass is 1040 g/mol. The van der Waals surface area contributed by atoms with Crippen molar-refractivity contribution < 1.29 is 89.4 Å². The molecule has 0 aliphatic carbocycles. The maximum absolute atomic E-state index is 13.2. The topological polar surface area (TPSA) is 307 Å². The molecule has 17 atom stereocenters. The van der Waals surface area contributed by atoms with Crippen LogP contribution in [0, 0.1) is 0 Å². The van der Waals surface area contributed by atoms with E-state index in [1.54, 1.807) is 12.2 Å². The molecule has 3 saturated heterocycles. The molecule has 0 bridgehead atoms. The average molecular weight is 1040 g/mol. The third-order valence-electron chi connectivity index (χ3n) is 12.4. The SMILES string of the molecule is CC/C=C\C/C=C\C/C=C\C/C=C\C/C=C\C/C=C\CCC(=O)NC(COC1OC(CO)C(OC2OC(CO)C(OC3OC(CO)C(O)C(O)C3O)C(O)C2O)C(O)C1O)C(O)/C=C/CC/C=C/CCCCC. The number of unbranched alkanes of at least 4 members (excludes halogenated alkanes) is 4. The first kappa shape index (κ1) is 64.0. The van der Waals surface area contributed by atoms with Crippen LogP contribution in [0.3, 0.4) is 0 Å². The van der Waals surface area contributed by atoms with E-state index in [1.807, 2.05) is 12.2 Å². The number of aliphatic hydroxyl groups is 11. The molecule has 0 aromatic heterocycles. The molecule has 1 amide bonds. The minimum Gasteiger partial charge on any atom is -0.394 e. The molecule has 3 fully saturated rings. The highest BCUT2D eigenvalue weighted by Crippen LogP contribution is 2.33. The van der Waals surface area contributed by atoms with Crippen LogP contribution in [0.1, 0.15) is 104 Å². The normalized spacial score (nSPS) is 32.5. The Morgan fingerprint density at radius 1 is 0.507 bits per heavy atom. The number of carbonyl (C=O) groups excluding carboxylic acids is 1. The fraction of sp³-hybridized carbons (Fsp3) is 0.685. The lowest BCUT2D eigenvalue weighted by Gasteiger charge is -2.48. The van der Waals surface area contributed by atoms with Crippen molar-refractivity contribution in [3.05, 3.63) is 97.2 Å². The summed E-state index contributed by atoms with van der Waals surface area (Å²) in [6.45, 7) is 1.41.